The molecule has 1 heterocycles. The van der Waals surface area contributed by atoms with Crippen LogP contribution in [0, 0.1) is 0 Å². The number of allylic oxidation sites excluding steroid dienone is 4. The molecule has 0 fully saturated rings. The quantitative estimate of drug-likeness (QED) is 0.0623. The number of ether oxygens (including phenoxy) is 4. The van der Waals surface area contributed by atoms with Crippen LogP contribution in [0.3, 0.4) is 0 Å². The Bertz CT molecular complexity index is 1500. The lowest BCUT2D eigenvalue weighted by atomic mass is 10.00. The molecule has 0 atom stereocenters. The first-order valence-corrected chi connectivity index (χ1v) is 17.0. The number of hydrogen-bond donors (Lipinski definition) is 0. The average molecular weight is 638 g/mol. The van der Waals surface area contributed by atoms with E-state index in [0.717, 1.165) is 96.5 Å². The van der Waals surface area contributed by atoms with Gasteiger partial charge in [-0.1, -0.05) is 42.5 Å². The molecule has 3 aromatic carbocycles. The van der Waals surface area contributed by atoms with E-state index in [4.69, 9.17) is 18.9 Å². The normalized spacial score (nSPS) is 13.6. The van der Waals surface area contributed by atoms with Gasteiger partial charge in [0.05, 0.1) is 26.4 Å². The first kappa shape index (κ1) is 35.4. The summed E-state index contributed by atoms with van der Waals surface area (Å²) >= 11 is 0. The van der Waals surface area contributed by atoms with Crippen molar-refractivity contribution in [1.29, 1.82) is 0 Å². The largest absolute Gasteiger partial charge is 0.494 e. The third-order valence-corrected chi connectivity index (χ3v) is 8.13. The molecular weight excluding hydrogens is 584 g/mol. The van der Waals surface area contributed by atoms with Gasteiger partial charge in [-0.05, 0) is 101 Å². The molecule has 250 valence electrons. The molecule has 4 rings (SSSR count). The van der Waals surface area contributed by atoms with Gasteiger partial charge in [0.2, 0.25) is 12.0 Å². The van der Waals surface area contributed by atoms with Crippen LogP contribution in [0.4, 0.5) is 11.4 Å². The zero-order valence-electron chi connectivity index (χ0n) is 28.6. The standard InChI is InChI=1S/C41H53N2O4/c1-7-11-15-26-44-34-24-22-33-23-25-38(47-29-18-14-10-4)39(35(33)30-34)43-32-42(31-41(43,5)6)40-36(45-27-16-12-8-2)20-19-21-37(40)46-28-17-13-9-3/h7-10,19-25,30,32H,1-4,11-18,26-29,31H2,5-6H3/q+1. The van der Waals surface area contributed by atoms with Gasteiger partial charge >= 0.3 is 0 Å². The molecule has 0 unspecified atom stereocenters. The van der Waals surface area contributed by atoms with Gasteiger partial charge in [-0.15, -0.1) is 26.3 Å². The summed E-state index contributed by atoms with van der Waals surface area (Å²) in [5, 5.41) is 2.20. The zero-order valence-corrected chi connectivity index (χ0v) is 28.6. The van der Waals surface area contributed by atoms with Crippen molar-refractivity contribution in [1.82, 2.24) is 0 Å². The van der Waals surface area contributed by atoms with E-state index in [0.29, 0.717) is 33.0 Å². The van der Waals surface area contributed by atoms with Gasteiger partial charge < -0.3 is 18.9 Å². The lowest BCUT2D eigenvalue weighted by molar-refractivity contribution is -0.434. The summed E-state index contributed by atoms with van der Waals surface area (Å²) in [6, 6.07) is 16.6. The summed E-state index contributed by atoms with van der Waals surface area (Å²) in [6.45, 7) is 23.1. The van der Waals surface area contributed by atoms with E-state index in [1.165, 1.54) is 0 Å². The predicted octanol–water partition coefficient (Wildman–Crippen LogP) is 10.2. The Kier molecular flexibility index (Phi) is 13.6. The molecule has 0 bridgehead atoms. The molecule has 0 aliphatic carbocycles. The molecule has 0 N–H and O–H groups in total. The number of benzene rings is 3. The van der Waals surface area contributed by atoms with Crippen molar-refractivity contribution >= 4 is 28.5 Å². The fourth-order valence-electron chi connectivity index (χ4n) is 5.71. The van der Waals surface area contributed by atoms with Crippen LogP contribution in [-0.4, -0.2) is 49.4 Å². The highest BCUT2D eigenvalue weighted by Gasteiger charge is 2.45. The number of anilines is 1. The average Bonchev–Trinajstić information content (AvgIpc) is 3.38. The van der Waals surface area contributed by atoms with E-state index in [-0.39, 0.29) is 5.54 Å². The minimum absolute atomic E-state index is 0.301. The van der Waals surface area contributed by atoms with Crippen LogP contribution < -0.4 is 23.8 Å². The van der Waals surface area contributed by atoms with Crippen molar-refractivity contribution in [3.8, 4) is 23.0 Å². The van der Waals surface area contributed by atoms with Gasteiger partial charge in [-0.25, -0.2) is 9.48 Å². The second kappa shape index (κ2) is 18.0. The summed E-state index contributed by atoms with van der Waals surface area (Å²) in [6.07, 6.45) is 17.2. The van der Waals surface area contributed by atoms with Crippen molar-refractivity contribution in [2.45, 2.75) is 70.8 Å². The number of rotatable bonds is 22. The minimum atomic E-state index is -0.301. The molecule has 0 amide bonds. The second-order valence-corrected chi connectivity index (χ2v) is 12.4. The molecule has 6 nitrogen and oxygen atoms in total. The molecule has 0 spiro atoms. The molecule has 0 radical (unpaired) electrons. The van der Waals surface area contributed by atoms with Crippen LogP contribution >= 0.6 is 0 Å². The molecular formula is C41H53N2O4+. The Labute approximate surface area is 282 Å². The van der Waals surface area contributed by atoms with Gasteiger partial charge in [0.25, 0.3) is 0 Å². The van der Waals surface area contributed by atoms with Gasteiger partial charge in [-0.3, -0.25) is 0 Å². The maximum atomic E-state index is 6.50. The van der Waals surface area contributed by atoms with Crippen molar-refractivity contribution < 1.29 is 23.5 Å². The van der Waals surface area contributed by atoms with Gasteiger partial charge in [-0.2, -0.15) is 0 Å². The van der Waals surface area contributed by atoms with E-state index < -0.39 is 0 Å². The molecule has 0 saturated heterocycles. The van der Waals surface area contributed by atoms with E-state index in [9.17, 15) is 0 Å². The number of unbranched alkanes of at least 4 members (excludes halogenated alkanes) is 4. The number of fused-ring (bicyclic) bond motifs is 1. The molecule has 0 saturated carbocycles. The summed E-state index contributed by atoms with van der Waals surface area (Å²) in [4.78, 5) is 2.34. The molecule has 3 aromatic rings. The highest BCUT2D eigenvalue weighted by molar-refractivity contribution is 6.03. The smallest absolute Gasteiger partial charge is 0.245 e. The fourth-order valence-corrected chi connectivity index (χ4v) is 5.71. The lowest BCUT2D eigenvalue weighted by Gasteiger charge is -2.26. The predicted molar refractivity (Wildman–Crippen MR) is 198 cm³/mol. The summed E-state index contributed by atoms with van der Waals surface area (Å²) in [5.41, 5.74) is 1.65. The van der Waals surface area contributed by atoms with Gasteiger partial charge in [0.15, 0.2) is 22.9 Å². The molecule has 47 heavy (non-hydrogen) atoms. The molecule has 1 aliphatic heterocycles. The third-order valence-electron chi connectivity index (χ3n) is 8.13. The fraction of sp³-hybridized carbons (Fsp3) is 0.390. The molecule has 0 aromatic heterocycles. The minimum Gasteiger partial charge on any atom is -0.494 e. The van der Waals surface area contributed by atoms with Crippen LogP contribution in [0.2, 0.25) is 0 Å². The molecule has 1 aliphatic rings. The second-order valence-electron chi connectivity index (χ2n) is 12.4. The van der Waals surface area contributed by atoms with E-state index in [1.807, 2.05) is 48.6 Å². The van der Waals surface area contributed by atoms with Crippen molar-refractivity contribution in [3.63, 3.8) is 0 Å². The molecule has 6 heteroatoms. The van der Waals surface area contributed by atoms with Crippen LogP contribution in [0.5, 0.6) is 23.0 Å². The summed E-state index contributed by atoms with van der Waals surface area (Å²) in [7, 11) is 0. The monoisotopic (exact) mass is 637 g/mol. The van der Waals surface area contributed by atoms with Gasteiger partial charge in [0, 0.05) is 5.39 Å². The van der Waals surface area contributed by atoms with Crippen LogP contribution in [0.15, 0.2) is 99.2 Å². The van der Waals surface area contributed by atoms with E-state index in [1.54, 1.807) is 0 Å². The van der Waals surface area contributed by atoms with Crippen molar-refractivity contribution in [2.75, 3.05) is 37.9 Å². The lowest BCUT2D eigenvalue weighted by Crippen LogP contribution is -2.41. The van der Waals surface area contributed by atoms with E-state index >= 15 is 0 Å². The third kappa shape index (κ3) is 9.54. The number of nitrogens with zero attached hydrogens (tertiary/aromatic N) is 2. The first-order valence-electron chi connectivity index (χ1n) is 17.0. The maximum Gasteiger partial charge on any atom is 0.245 e. The number of para-hydroxylation sites is 1. The zero-order chi connectivity index (χ0) is 33.5. The van der Waals surface area contributed by atoms with Crippen molar-refractivity contribution in [3.05, 3.63) is 99.2 Å². The summed E-state index contributed by atoms with van der Waals surface area (Å²) in [5.74, 6) is 3.29. The van der Waals surface area contributed by atoms with Crippen LogP contribution in [-0.2, 0) is 0 Å². The Hall–Kier alpha value is -4.45. The Balaban J connectivity index is 1.80. The maximum absolute atomic E-state index is 6.50. The Morgan fingerprint density at radius 2 is 1.19 bits per heavy atom. The van der Waals surface area contributed by atoms with E-state index in [2.05, 4.69) is 80.2 Å². The summed E-state index contributed by atoms with van der Waals surface area (Å²) < 4.78 is 27.7. The van der Waals surface area contributed by atoms with Crippen LogP contribution in [0.25, 0.3) is 10.8 Å². The van der Waals surface area contributed by atoms with Gasteiger partial charge in [0.1, 0.15) is 17.8 Å². The van der Waals surface area contributed by atoms with Crippen LogP contribution in [0.1, 0.15) is 65.2 Å². The highest BCUT2D eigenvalue weighted by Crippen LogP contribution is 2.45. The first-order chi connectivity index (χ1) is 22.9. The topological polar surface area (TPSA) is 43.2 Å². The number of hydrogen-bond acceptors (Lipinski definition) is 5. The Morgan fingerprint density at radius 1 is 0.681 bits per heavy atom. The van der Waals surface area contributed by atoms with Crippen molar-refractivity contribution in [2.24, 2.45) is 0 Å². The SMILES string of the molecule is C=CCCCOc1ccc2ccc(OCCCC=C)c(N3C=[N+](c4c(OCCCC=C)cccc4OCCCC=C)CC3(C)C)c2c1. The highest BCUT2D eigenvalue weighted by atomic mass is 16.5. The Morgan fingerprint density at radius 3 is 1.74 bits per heavy atom.